The van der Waals surface area contributed by atoms with E-state index in [4.69, 9.17) is 32.7 Å². The largest absolute Gasteiger partial charge is 0.495 e. The summed E-state index contributed by atoms with van der Waals surface area (Å²) in [7, 11) is 3.03. The Balaban J connectivity index is 2.05. The van der Waals surface area contributed by atoms with Crippen LogP contribution < -0.4 is 14.8 Å². The van der Waals surface area contributed by atoms with Gasteiger partial charge in [-0.05, 0) is 24.1 Å². The van der Waals surface area contributed by atoms with Crippen LogP contribution >= 0.6 is 23.2 Å². The highest BCUT2D eigenvalue weighted by Crippen LogP contribution is 2.35. The average Bonchev–Trinajstić information content (AvgIpc) is 2.54. The Bertz CT molecular complexity index is 704. The van der Waals surface area contributed by atoms with Crippen LogP contribution in [0.1, 0.15) is 12.0 Å². The van der Waals surface area contributed by atoms with Crippen LogP contribution in [0.2, 0.25) is 10.0 Å². The number of amides is 1. The lowest BCUT2D eigenvalue weighted by atomic mass is 10.1. The van der Waals surface area contributed by atoms with E-state index in [2.05, 4.69) is 5.32 Å². The Morgan fingerprint density at radius 2 is 1.83 bits per heavy atom. The van der Waals surface area contributed by atoms with E-state index in [-0.39, 0.29) is 5.91 Å². The topological polar surface area (TPSA) is 47.6 Å². The van der Waals surface area contributed by atoms with Crippen molar-refractivity contribution in [3.8, 4) is 11.5 Å². The molecule has 0 radical (unpaired) electrons. The lowest BCUT2D eigenvalue weighted by molar-refractivity contribution is -0.116. The molecule has 1 N–H and O–H groups in total. The second kappa shape index (κ2) is 8.09. The van der Waals surface area contributed by atoms with Crippen LogP contribution in [0.5, 0.6) is 11.5 Å². The van der Waals surface area contributed by atoms with E-state index in [0.717, 1.165) is 5.56 Å². The molecule has 2 rings (SSSR count). The number of hydrogen-bond donors (Lipinski definition) is 1. The third kappa shape index (κ3) is 4.78. The molecule has 2 aromatic rings. The summed E-state index contributed by atoms with van der Waals surface area (Å²) in [6, 6.07) is 10.7. The molecule has 0 saturated heterocycles. The molecule has 0 aliphatic carbocycles. The van der Waals surface area contributed by atoms with Gasteiger partial charge in [-0.2, -0.15) is 0 Å². The summed E-state index contributed by atoms with van der Waals surface area (Å²) in [6.45, 7) is 0. The predicted octanol–water partition coefficient (Wildman–Crippen LogP) is 4.58. The van der Waals surface area contributed by atoms with E-state index in [0.29, 0.717) is 40.1 Å². The van der Waals surface area contributed by atoms with Gasteiger partial charge in [0.15, 0.2) is 0 Å². The van der Waals surface area contributed by atoms with E-state index in [1.54, 1.807) is 18.2 Å². The van der Waals surface area contributed by atoms with Gasteiger partial charge in [0.05, 0.1) is 24.9 Å². The van der Waals surface area contributed by atoms with Gasteiger partial charge in [0.1, 0.15) is 11.5 Å². The third-order valence-corrected chi connectivity index (χ3v) is 3.81. The Labute approximate surface area is 145 Å². The van der Waals surface area contributed by atoms with Gasteiger partial charge >= 0.3 is 0 Å². The molecule has 0 aromatic heterocycles. The summed E-state index contributed by atoms with van der Waals surface area (Å²) in [5.74, 6) is 0.817. The fourth-order valence-electron chi connectivity index (χ4n) is 2.12. The molecular weight excluding hydrogens is 337 g/mol. The van der Waals surface area contributed by atoms with Gasteiger partial charge in [-0.3, -0.25) is 4.79 Å². The minimum Gasteiger partial charge on any atom is -0.495 e. The zero-order chi connectivity index (χ0) is 16.8. The number of rotatable bonds is 6. The molecule has 4 nitrogen and oxygen atoms in total. The van der Waals surface area contributed by atoms with E-state index >= 15 is 0 Å². The van der Waals surface area contributed by atoms with Crippen molar-refractivity contribution in [2.24, 2.45) is 0 Å². The van der Waals surface area contributed by atoms with Crippen molar-refractivity contribution >= 4 is 34.8 Å². The van der Waals surface area contributed by atoms with E-state index < -0.39 is 0 Å². The standard InChI is InChI=1S/C17H17Cl2NO3/c1-22-15-10-14(16(23-2)9-13(15)19)20-17(21)7-6-11-4-3-5-12(18)8-11/h3-5,8-10H,6-7H2,1-2H3,(H,20,21). The zero-order valence-electron chi connectivity index (χ0n) is 12.9. The van der Waals surface area contributed by atoms with Crippen LogP contribution in [0.25, 0.3) is 0 Å². The first kappa shape index (κ1) is 17.4. The minimum absolute atomic E-state index is 0.132. The number of ether oxygens (including phenoxy) is 2. The fourth-order valence-corrected chi connectivity index (χ4v) is 2.56. The molecule has 0 saturated carbocycles. The average molecular weight is 354 g/mol. The summed E-state index contributed by atoms with van der Waals surface area (Å²) in [5.41, 5.74) is 1.53. The SMILES string of the molecule is COc1cc(NC(=O)CCc2cccc(Cl)c2)c(OC)cc1Cl. The molecule has 0 spiro atoms. The molecule has 0 fully saturated rings. The van der Waals surface area contributed by atoms with E-state index in [9.17, 15) is 4.79 Å². The van der Waals surface area contributed by atoms with Gasteiger partial charge in [-0.15, -0.1) is 0 Å². The Morgan fingerprint density at radius 3 is 2.48 bits per heavy atom. The molecule has 6 heteroatoms. The van der Waals surface area contributed by atoms with Crippen molar-refractivity contribution in [1.82, 2.24) is 0 Å². The van der Waals surface area contributed by atoms with Crippen molar-refractivity contribution in [1.29, 1.82) is 0 Å². The number of halogens is 2. The lowest BCUT2D eigenvalue weighted by Crippen LogP contribution is -2.13. The maximum atomic E-state index is 12.1. The van der Waals surface area contributed by atoms with Crippen LogP contribution in [0.15, 0.2) is 36.4 Å². The molecular formula is C17H17Cl2NO3. The van der Waals surface area contributed by atoms with Gasteiger partial charge < -0.3 is 14.8 Å². The summed E-state index contributed by atoms with van der Waals surface area (Å²) in [6.07, 6.45) is 0.924. The zero-order valence-corrected chi connectivity index (χ0v) is 14.4. The second-order valence-electron chi connectivity index (χ2n) is 4.87. The van der Waals surface area contributed by atoms with Crippen molar-refractivity contribution in [3.05, 3.63) is 52.0 Å². The van der Waals surface area contributed by atoms with Gasteiger partial charge in [0.25, 0.3) is 0 Å². The molecule has 0 atom stereocenters. The molecule has 23 heavy (non-hydrogen) atoms. The number of carbonyl (C=O) groups is 1. The normalized spacial score (nSPS) is 10.3. The van der Waals surface area contributed by atoms with Crippen LogP contribution in [-0.4, -0.2) is 20.1 Å². The molecule has 1 amide bonds. The summed E-state index contributed by atoms with van der Waals surface area (Å²) < 4.78 is 10.4. The van der Waals surface area contributed by atoms with Gasteiger partial charge in [0, 0.05) is 23.6 Å². The van der Waals surface area contributed by atoms with Crippen LogP contribution in [0.4, 0.5) is 5.69 Å². The second-order valence-corrected chi connectivity index (χ2v) is 5.71. The quantitative estimate of drug-likeness (QED) is 0.826. The van der Waals surface area contributed by atoms with Gasteiger partial charge in [-0.25, -0.2) is 0 Å². The molecule has 0 aliphatic rings. The van der Waals surface area contributed by atoms with Crippen molar-refractivity contribution in [2.75, 3.05) is 19.5 Å². The summed E-state index contributed by atoms with van der Waals surface area (Å²) >= 11 is 12.0. The van der Waals surface area contributed by atoms with Crippen molar-refractivity contribution in [2.45, 2.75) is 12.8 Å². The first-order valence-corrected chi connectivity index (χ1v) is 7.75. The Kier molecular flexibility index (Phi) is 6.13. The highest BCUT2D eigenvalue weighted by molar-refractivity contribution is 6.32. The smallest absolute Gasteiger partial charge is 0.224 e. The number of nitrogens with one attached hydrogen (secondary N) is 1. The third-order valence-electron chi connectivity index (χ3n) is 3.28. The number of carbonyl (C=O) groups excluding carboxylic acids is 1. The highest BCUT2D eigenvalue weighted by Gasteiger charge is 2.12. The predicted molar refractivity (Wildman–Crippen MR) is 93.0 cm³/mol. The van der Waals surface area contributed by atoms with Crippen molar-refractivity contribution in [3.63, 3.8) is 0 Å². The van der Waals surface area contributed by atoms with E-state index in [1.807, 2.05) is 18.2 Å². The first-order chi connectivity index (χ1) is 11.0. The van der Waals surface area contributed by atoms with Gasteiger partial charge in [-0.1, -0.05) is 35.3 Å². The number of hydrogen-bond acceptors (Lipinski definition) is 3. The number of aryl methyl sites for hydroxylation is 1. The molecule has 0 aliphatic heterocycles. The maximum absolute atomic E-state index is 12.1. The van der Waals surface area contributed by atoms with Crippen LogP contribution in [-0.2, 0) is 11.2 Å². The number of methoxy groups -OCH3 is 2. The fraction of sp³-hybridized carbons (Fsp3) is 0.235. The van der Waals surface area contributed by atoms with E-state index in [1.165, 1.54) is 14.2 Å². The monoisotopic (exact) mass is 353 g/mol. The molecule has 122 valence electrons. The summed E-state index contributed by atoms with van der Waals surface area (Å²) in [5, 5.41) is 3.89. The maximum Gasteiger partial charge on any atom is 0.224 e. The molecule has 0 heterocycles. The van der Waals surface area contributed by atoms with Crippen LogP contribution in [0, 0.1) is 0 Å². The van der Waals surface area contributed by atoms with Crippen molar-refractivity contribution < 1.29 is 14.3 Å². The van der Waals surface area contributed by atoms with Gasteiger partial charge in [0.2, 0.25) is 5.91 Å². The Hall–Kier alpha value is -1.91. The highest BCUT2D eigenvalue weighted by atomic mass is 35.5. The first-order valence-electron chi connectivity index (χ1n) is 6.99. The van der Waals surface area contributed by atoms with Crippen LogP contribution in [0.3, 0.4) is 0 Å². The minimum atomic E-state index is -0.132. The Morgan fingerprint density at radius 1 is 1.09 bits per heavy atom. The number of benzene rings is 2. The molecule has 2 aromatic carbocycles. The molecule has 0 unspecified atom stereocenters. The summed E-state index contributed by atoms with van der Waals surface area (Å²) in [4.78, 5) is 12.1. The molecule has 0 bridgehead atoms. The lowest BCUT2D eigenvalue weighted by Gasteiger charge is -2.13. The number of anilines is 1.